The number of hydrogen-bond acceptors (Lipinski definition) is 6. The monoisotopic (exact) mass is 1140 g/mol. The van der Waals surface area contributed by atoms with Crippen molar-refractivity contribution in [2.75, 3.05) is 13.2 Å². The summed E-state index contributed by atoms with van der Waals surface area (Å²) in [5.74, 6) is -0.890. The van der Waals surface area contributed by atoms with E-state index in [1.165, 1.54) is 167 Å². The largest absolute Gasteiger partial charge is 0.462 e. The quantitative estimate of drug-likeness (QED) is 0.0261. The lowest BCUT2D eigenvalue weighted by atomic mass is 10.0. The molecule has 0 aromatic heterocycles. The van der Waals surface area contributed by atoms with Crippen molar-refractivity contribution in [1.82, 2.24) is 0 Å². The van der Waals surface area contributed by atoms with Crippen LogP contribution >= 0.6 is 0 Å². The van der Waals surface area contributed by atoms with Crippen molar-refractivity contribution in [2.24, 2.45) is 0 Å². The third-order valence-corrected chi connectivity index (χ3v) is 15.0. The molecule has 0 aromatic rings. The number of allylic oxidation sites excluding steroid dienone is 18. The lowest BCUT2D eigenvalue weighted by Gasteiger charge is -2.18. The van der Waals surface area contributed by atoms with E-state index in [1.807, 2.05) is 0 Å². The summed E-state index contributed by atoms with van der Waals surface area (Å²) in [5, 5.41) is 0. The molecule has 0 radical (unpaired) electrons. The van der Waals surface area contributed by atoms with Crippen molar-refractivity contribution in [3.63, 3.8) is 0 Å². The molecule has 0 amide bonds. The van der Waals surface area contributed by atoms with Crippen molar-refractivity contribution in [3.8, 4) is 0 Å². The highest BCUT2D eigenvalue weighted by molar-refractivity contribution is 5.71. The smallest absolute Gasteiger partial charge is 0.306 e. The Morgan fingerprint density at radius 3 is 0.744 bits per heavy atom. The van der Waals surface area contributed by atoms with Crippen molar-refractivity contribution >= 4 is 17.9 Å². The third kappa shape index (κ3) is 66.9. The Labute approximate surface area is 508 Å². The minimum absolute atomic E-state index is 0.0822. The standard InChI is InChI=1S/C76H130O6/c1-4-7-10-13-16-19-22-25-27-29-31-33-35-37-38-40-41-43-45-47-49-51-54-57-60-63-66-69-75(78)81-72-73(71-80-74(77)68-65-62-59-56-53-24-21-18-15-12-9-6-3)82-76(79)70-67-64-61-58-55-52-50-48-46-44-42-39-36-34-32-30-28-26-23-20-17-14-11-8-5-2/h7,10,16,19,23,25-27,30-33,37-38,41,43,47,49,73H,4-6,8-9,11-15,17-18,20-22,24,28-29,34-36,39-40,42,44-46,48,50-72H2,1-3H3/b10-7-,19-16-,26-23-,27-25-,32-30-,33-31-,38-37-,43-41-,49-47-. The highest BCUT2D eigenvalue weighted by Crippen LogP contribution is 2.17. The Balaban J connectivity index is 4.32. The van der Waals surface area contributed by atoms with Gasteiger partial charge in [-0.25, -0.2) is 0 Å². The first kappa shape index (κ1) is 78.1. The zero-order valence-corrected chi connectivity index (χ0v) is 54.0. The number of carbonyl (C=O) groups is 3. The number of unbranched alkanes of at least 4 members (excludes halogenated alkanes) is 34. The van der Waals surface area contributed by atoms with E-state index in [0.717, 1.165) is 128 Å². The van der Waals surface area contributed by atoms with Crippen LogP contribution in [0.1, 0.15) is 335 Å². The molecule has 1 atom stereocenters. The maximum absolute atomic E-state index is 13.0. The van der Waals surface area contributed by atoms with Crippen molar-refractivity contribution < 1.29 is 28.6 Å². The van der Waals surface area contributed by atoms with Crippen LogP contribution < -0.4 is 0 Å². The molecule has 1 unspecified atom stereocenters. The van der Waals surface area contributed by atoms with Crippen LogP contribution in [0, 0.1) is 0 Å². The Morgan fingerprint density at radius 1 is 0.256 bits per heavy atom. The van der Waals surface area contributed by atoms with Crippen LogP contribution in [0.15, 0.2) is 109 Å². The molecule has 0 N–H and O–H groups in total. The molecule has 0 rings (SSSR count). The lowest BCUT2D eigenvalue weighted by molar-refractivity contribution is -0.167. The number of ether oxygens (including phenoxy) is 3. The Bertz CT molecular complexity index is 1640. The first-order valence-electron chi connectivity index (χ1n) is 34.9. The summed E-state index contributed by atoms with van der Waals surface area (Å²) in [7, 11) is 0. The molecule has 0 heterocycles. The fourth-order valence-electron chi connectivity index (χ4n) is 9.81. The fourth-order valence-corrected chi connectivity index (χ4v) is 9.81. The molecule has 0 aliphatic carbocycles. The van der Waals surface area contributed by atoms with E-state index in [1.54, 1.807) is 0 Å². The van der Waals surface area contributed by atoms with Crippen LogP contribution in [0.2, 0.25) is 0 Å². The van der Waals surface area contributed by atoms with Gasteiger partial charge < -0.3 is 14.2 Å². The second-order valence-electron chi connectivity index (χ2n) is 23.1. The summed E-state index contributed by atoms with van der Waals surface area (Å²) < 4.78 is 17.0. The zero-order chi connectivity index (χ0) is 59.2. The third-order valence-electron chi connectivity index (χ3n) is 15.0. The molecule has 0 aromatic carbocycles. The van der Waals surface area contributed by atoms with Gasteiger partial charge in [0, 0.05) is 19.3 Å². The summed E-state index contributed by atoms with van der Waals surface area (Å²) in [6.45, 7) is 6.53. The van der Waals surface area contributed by atoms with E-state index >= 15 is 0 Å². The molecule has 0 saturated carbocycles. The Hall–Kier alpha value is -3.93. The lowest BCUT2D eigenvalue weighted by Crippen LogP contribution is -2.30. The Kier molecular flexibility index (Phi) is 66.2. The predicted octanol–water partition coefficient (Wildman–Crippen LogP) is 24.2. The van der Waals surface area contributed by atoms with E-state index < -0.39 is 6.10 Å². The van der Waals surface area contributed by atoms with E-state index in [2.05, 4.69) is 130 Å². The minimum Gasteiger partial charge on any atom is -0.462 e. The minimum atomic E-state index is -0.788. The SMILES string of the molecule is CC/C=C\C/C=C\C/C=C\C/C=C\C/C=C\C/C=C\C/C=C\CCCCCCCC(=O)OCC(COC(=O)CCCCCCCCCCCCCC)OC(=O)CCCCCCCCCCCCCCC/C=C\C/C=C\CCCCCCC. The van der Waals surface area contributed by atoms with Gasteiger partial charge in [0.15, 0.2) is 6.10 Å². The molecule has 0 aliphatic heterocycles. The van der Waals surface area contributed by atoms with Gasteiger partial charge in [-0.2, -0.15) is 0 Å². The molecule has 0 aliphatic rings. The van der Waals surface area contributed by atoms with Gasteiger partial charge in [-0.15, -0.1) is 0 Å². The molecule has 0 fully saturated rings. The topological polar surface area (TPSA) is 78.9 Å². The van der Waals surface area contributed by atoms with Crippen LogP contribution in [0.5, 0.6) is 0 Å². The second-order valence-corrected chi connectivity index (χ2v) is 23.1. The molecule has 0 bridgehead atoms. The molecule has 82 heavy (non-hydrogen) atoms. The van der Waals surface area contributed by atoms with Crippen LogP contribution in [0.25, 0.3) is 0 Å². The zero-order valence-electron chi connectivity index (χ0n) is 54.0. The number of esters is 3. The Morgan fingerprint density at radius 2 is 0.476 bits per heavy atom. The van der Waals surface area contributed by atoms with Gasteiger partial charge >= 0.3 is 17.9 Å². The van der Waals surface area contributed by atoms with E-state index in [4.69, 9.17) is 14.2 Å². The summed E-state index contributed by atoms with van der Waals surface area (Å²) in [6.07, 6.45) is 95.3. The predicted molar refractivity (Wildman–Crippen MR) is 357 cm³/mol. The number of hydrogen-bond donors (Lipinski definition) is 0. The van der Waals surface area contributed by atoms with E-state index in [0.29, 0.717) is 19.3 Å². The average Bonchev–Trinajstić information content (AvgIpc) is 3.47. The second kappa shape index (κ2) is 69.6. The summed E-state index contributed by atoms with van der Waals surface area (Å²) in [6, 6.07) is 0. The van der Waals surface area contributed by atoms with Crippen molar-refractivity contribution in [3.05, 3.63) is 109 Å². The molecular weight excluding hydrogens is 1010 g/mol. The average molecular weight is 1140 g/mol. The molecule has 0 spiro atoms. The summed E-state index contributed by atoms with van der Waals surface area (Å²) in [5.41, 5.74) is 0. The molecule has 6 heteroatoms. The van der Waals surface area contributed by atoms with E-state index in [9.17, 15) is 14.4 Å². The molecule has 0 saturated heterocycles. The maximum Gasteiger partial charge on any atom is 0.306 e. The van der Waals surface area contributed by atoms with E-state index in [-0.39, 0.29) is 31.1 Å². The maximum atomic E-state index is 13.0. The summed E-state index contributed by atoms with van der Waals surface area (Å²) >= 11 is 0. The van der Waals surface area contributed by atoms with Gasteiger partial charge in [0.2, 0.25) is 0 Å². The fraction of sp³-hybridized carbons (Fsp3) is 0.724. The molecule has 6 nitrogen and oxygen atoms in total. The normalized spacial score (nSPS) is 12.8. The van der Waals surface area contributed by atoms with Crippen LogP contribution in [-0.4, -0.2) is 37.2 Å². The number of carbonyl (C=O) groups excluding carboxylic acids is 3. The van der Waals surface area contributed by atoms with Crippen LogP contribution in [-0.2, 0) is 28.6 Å². The highest BCUT2D eigenvalue weighted by atomic mass is 16.6. The van der Waals surface area contributed by atoms with Crippen molar-refractivity contribution in [1.29, 1.82) is 0 Å². The highest BCUT2D eigenvalue weighted by Gasteiger charge is 2.19. The van der Waals surface area contributed by atoms with Gasteiger partial charge in [-0.05, 0) is 109 Å². The van der Waals surface area contributed by atoms with Gasteiger partial charge in [-0.1, -0.05) is 316 Å². The summed E-state index contributed by atoms with van der Waals surface area (Å²) in [4.78, 5) is 38.4. The van der Waals surface area contributed by atoms with Gasteiger partial charge in [0.25, 0.3) is 0 Å². The van der Waals surface area contributed by atoms with Crippen LogP contribution in [0.4, 0.5) is 0 Å². The van der Waals surface area contributed by atoms with Gasteiger partial charge in [0.05, 0.1) is 0 Å². The van der Waals surface area contributed by atoms with Gasteiger partial charge in [-0.3, -0.25) is 14.4 Å². The first-order valence-corrected chi connectivity index (χ1v) is 34.9. The first-order chi connectivity index (χ1) is 40.5. The van der Waals surface area contributed by atoms with Gasteiger partial charge in [0.1, 0.15) is 13.2 Å². The number of rotatable bonds is 63. The molecular formula is C76H130O6. The van der Waals surface area contributed by atoms with Crippen molar-refractivity contribution in [2.45, 2.75) is 341 Å². The van der Waals surface area contributed by atoms with Crippen LogP contribution in [0.3, 0.4) is 0 Å². The molecule has 470 valence electrons.